The number of ether oxygens (including phenoxy) is 1. The predicted octanol–water partition coefficient (Wildman–Crippen LogP) is 3.73. The number of methoxy groups -OCH3 is 1. The smallest absolute Gasteiger partial charge is 0.255 e. The first-order chi connectivity index (χ1) is 13.2. The van der Waals surface area contributed by atoms with Crippen LogP contribution in [0.1, 0.15) is 26.3 Å². The highest BCUT2D eigenvalue weighted by atomic mass is 16.5. The molecule has 0 aliphatic rings. The summed E-state index contributed by atoms with van der Waals surface area (Å²) in [5.41, 5.74) is 3.23. The van der Waals surface area contributed by atoms with Crippen LogP contribution >= 0.6 is 0 Å². The summed E-state index contributed by atoms with van der Waals surface area (Å²) in [7, 11) is 1.63. The zero-order chi connectivity index (χ0) is 19.1. The Kier molecular flexibility index (Phi) is 5.91. The van der Waals surface area contributed by atoms with Crippen LogP contribution in [0.4, 0.5) is 11.4 Å². The van der Waals surface area contributed by atoms with E-state index in [0.29, 0.717) is 29.1 Å². The normalized spacial score (nSPS) is 10.3. The maximum Gasteiger partial charge on any atom is 0.255 e. The Balaban J connectivity index is 1.66. The van der Waals surface area contributed by atoms with Gasteiger partial charge in [0.1, 0.15) is 0 Å². The number of amides is 2. The van der Waals surface area contributed by atoms with Gasteiger partial charge >= 0.3 is 0 Å². The number of hydrogen-bond acceptors (Lipinski definition) is 4. The van der Waals surface area contributed by atoms with E-state index in [2.05, 4.69) is 15.6 Å². The van der Waals surface area contributed by atoms with Crippen LogP contribution in [-0.2, 0) is 11.3 Å². The second-order valence-corrected chi connectivity index (χ2v) is 5.85. The molecule has 136 valence electrons. The lowest BCUT2D eigenvalue weighted by atomic mass is 10.1. The fourth-order valence-electron chi connectivity index (χ4n) is 2.50. The van der Waals surface area contributed by atoms with Crippen LogP contribution in [0, 0.1) is 0 Å². The Morgan fingerprint density at radius 1 is 0.852 bits per heavy atom. The fourth-order valence-corrected chi connectivity index (χ4v) is 2.50. The SMILES string of the molecule is COCc1ccc(C(=O)Nc2cccc(NC(=O)c3ccncc3)c2)cc1. The summed E-state index contributed by atoms with van der Waals surface area (Å²) in [6.07, 6.45) is 3.12. The van der Waals surface area contributed by atoms with Crippen LogP contribution in [0.5, 0.6) is 0 Å². The Hall–Kier alpha value is -3.51. The van der Waals surface area contributed by atoms with Gasteiger partial charge in [-0.3, -0.25) is 14.6 Å². The van der Waals surface area contributed by atoms with Crippen molar-refractivity contribution in [3.05, 3.63) is 89.7 Å². The van der Waals surface area contributed by atoms with Crippen LogP contribution in [-0.4, -0.2) is 23.9 Å². The maximum atomic E-state index is 12.4. The topological polar surface area (TPSA) is 80.3 Å². The summed E-state index contributed by atoms with van der Waals surface area (Å²) >= 11 is 0. The number of aromatic nitrogens is 1. The van der Waals surface area contributed by atoms with E-state index < -0.39 is 0 Å². The van der Waals surface area contributed by atoms with Gasteiger partial charge in [0.05, 0.1) is 6.61 Å². The van der Waals surface area contributed by atoms with Crippen molar-refractivity contribution >= 4 is 23.2 Å². The van der Waals surface area contributed by atoms with E-state index in [1.165, 1.54) is 0 Å². The Labute approximate surface area is 157 Å². The fraction of sp³-hybridized carbons (Fsp3) is 0.0952. The highest BCUT2D eigenvalue weighted by Crippen LogP contribution is 2.17. The van der Waals surface area contributed by atoms with Gasteiger partial charge in [0.2, 0.25) is 0 Å². The minimum atomic E-state index is -0.241. The summed E-state index contributed by atoms with van der Waals surface area (Å²) in [6, 6.07) is 17.5. The molecular formula is C21H19N3O3. The number of hydrogen-bond donors (Lipinski definition) is 2. The number of carbonyl (C=O) groups excluding carboxylic acids is 2. The molecule has 0 aliphatic heterocycles. The standard InChI is InChI=1S/C21H19N3O3/c1-27-14-15-5-7-16(8-6-15)20(25)23-18-3-2-4-19(13-18)24-21(26)17-9-11-22-12-10-17/h2-13H,14H2,1H3,(H,23,25)(H,24,26). The third-order valence-corrected chi connectivity index (χ3v) is 3.85. The number of anilines is 2. The van der Waals surface area contributed by atoms with Gasteiger partial charge in [-0.15, -0.1) is 0 Å². The lowest BCUT2D eigenvalue weighted by Gasteiger charge is -2.09. The van der Waals surface area contributed by atoms with Crippen molar-refractivity contribution in [1.29, 1.82) is 0 Å². The zero-order valence-corrected chi connectivity index (χ0v) is 14.8. The molecule has 0 fully saturated rings. The molecule has 0 radical (unpaired) electrons. The quantitative estimate of drug-likeness (QED) is 0.701. The average molecular weight is 361 g/mol. The summed E-state index contributed by atoms with van der Waals surface area (Å²) in [6.45, 7) is 0.501. The lowest BCUT2D eigenvalue weighted by molar-refractivity contribution is 0.101. The Morgan fingerprint density at radius 3 is 1.96 bits per heavy atom. The first-order valence-electron chi connectivity index (χ1n) is 8.36. The second kappa shape index (κ2) is 8.73. The van der Waals surface area contributed by atoms with Crippen molar-refractivity contribution in [2.24, 2.45) is 0 Å². The van der Waals surface area contributed by atoms with E-state index >= 15 is 0 Å². The van der Waals surface area contributed by atoms with Crippen molar-refractivity contribution in [3.63, 3.8) is 0 Å². The molecule has 0 bridgehead atoms. The number of benzene rings is 2. The minimum Gasteiger partial charge on any atom is -0.380 e. The van der Waals surface area contributed by atoms with E-state index in [1.807, 2.05) is 12.1 Å². The molecule has 2 aromatic carbocycles. The van der Waals surface area contributed by atoms with Crippen LogP contribution in [0.15, 0.2) is 73.1 Å². The third kappa shape index (κ3) is 4.99. The van der Waals surface area contributed by atoms with Gasteiger partial charge in [-0.05, 0) is 48.0 Å². The number of nitrogens with one attached hydrogen (secondary N) is 2. The van der Waals surface area contributed by atoms with Gasteiger partial charge in [0.25, 0.3) is 11.8 Å². The summed E-state index contributed by atoms with van der Waals surface area (Å²) in [5.74, 6) is -0.466. The van der Waals surface area contributed by atoms with Crippen molar-refractivity contribution in [3.8, 4) is 0 Å². The van der Waals surface area contributed by atoms with Crippen LogP contribution in [0.25, 0.3) is 0 Å². The van der Waals surface area contributed by atoms with Gasteiger partial charge in [0.15, 0.2) is 0 Å². The molecule has 0 aliphatic carbocycles. The molecule has 6 nitrogen and oxygen atoms in total. The molecule has 0 unspecified atom stereocenters. The molecule has 2 N–H and O–H groups in total. The molecule has 0 spiro atoms. The number of nitrogens with zero attached hydrogens (tertiary/aromatic N) is 1. The third-order valence-electron chi connectivity index (χ3n) is 3.85. The van der Waals surface area contributed by atoms with Crippen LogP contribution in [0.3, 0.4) is 0 Å². The van der Waals surface area contributed by atoms with E-state index in [-0.39, 0.29) is 11.8 Å². The van der Waals surface area contributed by atoms with Crippen LogP contribution < -0.4 is 10.6 Å². The van der Waals surface area contributed by atoms with E-state index in [1.54, 1.807) is 68.0 Å². The molecule has 6 heteroatoms. The van der Waals surface area contributed by atoms with Crippen molar-refractivity contribution < 1.29 is 14.3 Å². The number of pyridine rings is 1. The molecule has 1 aromatic heterocycles. The molecule has 27 heavy (non-hydrogen) atoms. The molecule has 3 rings (SSSR count). The molecule has 1 heterocycles. The van der Waals surface area contributed by atoms with E-state index in [0.717, 1.165) is 5.56 Å². The molecular weight excluding hydrogens is 342 g/mol. The van der Waals surface area contributed by atoms with Gasteiger partial charge in [-0.1, -0.05) is 18.2 Å². The first-order valence-corrected chi connectivity index (χ1v) is 8.36. The summed E-state index contributed by atoms with van der Waals surface area (Å²) < 4.78 is 5.06. The highest BCUT2D eigenvalue weighted by molar-refractivity contribution is 6.06. The van der Waals surface area contributed by atoms with Crippen molar-refractivity contribution in [1.82, 2.24) is 4.98 Å². The van der Waals surface area contributed by atoms with Crippen LogP contribution in [0.2, 0.25) is 0 Å². The predicted molar refractivity (Wildman–Crippen MR) is 104 cm³/mol. The van der Waals surface area contributed by atoms with Crippen molar-refractivity contribution in [2.75, 3.05) is 17.7 Å². The minimum absolute atomic E-state index is 0.225. The van der Waals surface area contributed by atoms with E-state index in [4.69, 9.17) is 4.74 Å². The number of carbonyl (C=O) groups is 2. The highest BCUT2D eigenvalue weighted by Gasteiger charge is 2.09. The Bertz CT molecular complexity index is 925. The first kappa shape index (κ1) is 18.3. The Morgan fingerprint density at radius 2 is 1.41 bits per heavy atom. The number of rotatable bonds is 6. The average Bonchev–Trinajstić information content (AvgIpc) is 2.70. The molecule has 0 atom stereocenters. The van der Waals surface area contributed by atoms with Gasteiger partial charge in [0, 0.05) is 42.0 Å². The van der Waals surface area contributed by atoms with Gasteiger partial charge in [-0.25, -0.2) is 0 Å². The molecule has 2 amide bonds. The largest absolute Gasteiger partial charge is 0.380 e. The second-order valence-electron chi connectivity index (χ2n) is 5.85. The summed E-state index contributed by atoms with van der Waals surface area (Å²) in [5, 5.41) is 5.63. The van der Waals surface area contributed by atoms with Gasteiger partial charge in [-0.2, -0.15) is 0 Å². The lowest BCUT2D eigenvalue weighted by Crippen LogP contribution is -2.14. The zero-order valence-electron chi connectivity index (χ0n) is 14.8. The summed E-state index contributed by atoms with van der Waals surface area (Å²) in [4.78, 5) is 28.5. The molecule has 0 saturated heterocycles. The molecule has 0 saturated carbocycles. The maximum absolute atomic E-state index is 12.4. The van der Waals surface area contributed by atoms with Gasteiger partial charge < -0.3 is 15.4 Å². The molecule has 3 aromatic rings. The monoisotopic (exact) mass is 361 g/mol. The van der Waals surface area contributed by atoms with E-state index in [9.17, 15) is 9.59 Å². The van der Waals surface area contributed by atoms with Crippen molar-refractivity contribution in [2.45, 2.75) is 6.61 Å².